The van der Waals surface area contributed by atoms with E-state index in [9.17, 15) is 9.59 Å². The number of methoxy groups -OCH3 is 1. The molecule has 0 saturated carbocycles. The maximum absolute atomic E-state index is 12.8. The first-order chi connectivity index (χ1) is 15.1. The number of anilines is 3. The van der Waals surface area contributed by atoms with Crippen molar-refractivity contribution in [3.05, 3.63) is 36.3 Å². The number of amides is 3. The number of aromatic nitrogens is 5. The van der Waals surface area contributed by atoms with Gasteiger partial charge in [-0.2, -0.15) is 5.10 Å². The number of para-hydroxylation sites is 1. The predicted molar refractivity (Wildman–Crippen MR) is 127 cm³/mol. The van der Waals surface area contributed by atoms with E-state index < -0.39 is 17.2 Å². The summed E-state index contributed by atoms with van der Waals surface area (Å²) in [6.45, 7) is 0. The number of nitrogens with two attached hydrogens (primary N) is 1. The number of ether oxygens (including phenoxy) is 1. The van der Waals surface area contributed by atoms with Crippen LogP contribution in [0.5, 0.6) is 5.75 Å². The molecule has 162 valence electrons. The lowest BCUT2D eigenvalue weighted by Gasteiger charge is -2.21. The molecule has 0 aliphatic heterocycles. The van der Waals surface area contributed by atoms with Gasteiger partial charge in [0.25, 0.3) is 5.91 Å². The number of hydrogen-bond acceptors (Lipinski definition) is 8. The number of rotatable bonds is 7. The summed E-state index contributed by atoms with van der Waals surface area (Å²) in [5.41, 5.74) is 6.68. The summed E-state index contributed by atoms with van der Waals surface area (Å²) in [4.78, 5) is 28.4. The van der Waals surface area contributed by atoms with Crippen LogP contribution >= 0.6 is 0 Å². The van der Waals surface area contributed by atoms with Gasteiger partial charge in [-0.05, 0) is 17.4 Å². The maximum atomic E-state index is 12.8. The molecule has 0 spiro atoms. The summed E-state index contributed by atoms with van der Waals surface area (Å²) in [6.07, 6.45) is 1.58. The topological polar surface area (TPSA) is 162 Å². The van der Waals surface area contributed by atoms with E-state index in [0.29, 0.717) is 22.8 Å². The van der Waals surface area contributed by atoms with Gasteiger partial charge < -0.3 is 21.1 Å². The summed E-state index contributed by atoms with van der Waals surface area (Å²) >= 11 is 0. The number of carbonyl (C=O) groups excluding carboxylic acids is 2. The van der Waals surface area contributed by atoms with Gasteiger partial charge in [0.2, 0.25) is 0 Å². The third kappa shape index (κ3) is 5.36. The molecule has 0 atom stereocenters. The minimum atomic E-state index is -0.807. The smallest absolute Gasteiger partial charge is 0.317 e. The molecule has 0 aliphatic carbocycles. The van der Waals surface area contributed by atoms with Crippen molar-refractivity contribution in [2.24, 2.45) is 12.8 Å². The molecule has 0 unspecified atom stereocenters. The van der Waals surface area contributed by atoms with E-state index in [1.165, 1.54) is 13.2 Å². The van der Waals surface area contributed by atoms with Crippen LogP contribution in [-0.4, -0.2) is 72.8 Å². The summed E-state index contributed by atoms with van der Waals surface area (Å²) in [5, 5.41) is 20.0. The Kier molecular flexibility index (Phi) is 6.37. The molecule has 3 rings (SSSR count). The number of nitrogens with zero attached hydrogens (tertiary/aromatic N) is 5. The van der Waals surface area contributed by atoms with E-state index in [2.05, 4.69) is 36.2 Å². The second kappa shape index (κ2) is 9.00. The second-order valence-corrected chi connectivity index (χ2v) is 7.94. The molecular formula is C17H22B3N9O3. The average molecular weight is 433 g/mol. The quantitative estimate of drug-likeness (QED) is 0.304. The fourth-order valence-electron chi connectivity index (χ4n) is 2.88. The molecule has 5 N–H and O–H groups in total. The van der Waals surface area contributed by atoms with Gasteiger partial charge in [0.05, 0.1) is 24.0 Å². The van der Waals surface area contributed by atoms with E-state index >= 15 is 0 Å². The Morgan fingerprint density at radius 3 is 2.53 bits per heavy atom. The number of aryl methyl sites for hydroxylation is 1. The first-order valence-corrected chi connectivity index (χ1v) is 9.64. The Morgan fingerprint density at radius 2 is 1.94 bits per heavy atom. The maximum Gasteiger partial charge on any atom is 0.317 e. The van der Waals surface area contributed by atoms with Crippen molar-refractivity contribution in [3.8, 4) is 17.1 Å². The molecule has 32 heavy (non-hydrogen) atoms. The van der Waals surface area contributed by atoms with Gasteiger partial charge >= 0.3 is 6.03 Å². The van der Waals surface area contributed by atoms with Gasteiger partial charge in [0.1, 0.15) is 29.9 Å². The molecule has 3 aromatic rings. The Bertz CT molecular complexity index is 1160. The Morgan fingerprint density at radius 1 is 1.19 bits per heavy atom. The average Bonchev–Trinajstić information content (AvgIpc) is 3.12. The first kappa shape index (κ1) is 22.7. The summed E-state index contributed by atoms with van der Waals surface area (Å²) < 4.78 is 7.19. The molecule has 0 radical (unpaired) electrons. The van der Waals surface area contributed by atoms with Crippen molar-refractivity contribution in [1.82, 2.24) is 30.3 Å². The zero-order chi connectivity index (χ0) is 23.5. The normalized spacial score (nSPS) is 10.9. The standard InChI is InChI=1S/C17H22B3N9O3/c1-29-7-22-14(28-29)8-4-3-5-9(13(8)32-2)23-10-6-11(24-16(21)31)26-27-12(10)15(30)25-17(18,19)20/h3-7H,18-20H2,1-2H3,(H,25,30)(H4,21,23,24,26,31). The van der Waals surface area contributed by atoms with Crippen LogP contribution in [0.25, 0.3) is 11.4 Å². The van der Waals surface area contributed by atoms with Crippen LogP contribution in [0.15, 0.2) is 30.6 Å². The van der Waals surface area contributed by atoms with Crippen LogP contribution in [0.4, 0.5) is 22.0 Å². The number of hydrogen-bond donors (Lipinski definition) is 4. The Hall–Kier alpha value is -4.03. The third-order valence-electron chi connectivity index (χ3n) is 4.08. The molecule has 2 heterocycles. The van der Waals surface area contributed by atoms with Gasteiger partial charge in [-0.3, -0.25) is 14.8 Å². The van der Waals surface area contributed by atoms with Gasteiger partial charge in [0.15, 0.2) is 23.1 Å². The highest BCUT2D eigenvalue weighted by Crippen LogP contribution is 2.37. The van der Waals surface area contributed by atoms with E-state index in [1.54, 1.807) is 30.2 Å². The van der Waals surface area contributed by atoms with Crippen molar-refractivity contribution < 1.29 is 14.3 Å². The lowest BCUT2D eigenvalue weighted by molar-refractivity contribution is 0.0947. The molecule has 0 fully saturated rings. The van der Waals surface area contributed by atoms with Gasteiger partial charge in [0, 0.05) is 13.1 Å². The molecule has 15 heteroatoms. The van der Waals surface area contributed by atoms with Crippen LogP contribution in [0.1, 0.15) is 10.5 Å². The van der Waals surface area contributed by atoms with Crippen LogP contribution in [0, 0.1) is 0 Å². The number of primary amides is 1. The highest BCUT2D eigenvalue weighted by Gasteiger charge is 2.22. The number of nitrogens with one attached hydrogen (secondary N) is 3. The fourth-order valence-corrected chi connectivity index (χ4v) is 2.88. The van der Waals surface area contributed by atoms with Crippen molar-refractivity contribution in [2.45, 2.75) is 5.24 Å². The SMILES string of the molecule is BC(B)(B)NC(=O)c1nnc(NC(N)=O)cc1Nc1cccc(-c2ncn(C)n2)c1OC. The fraction of sp³-hybridized carbons (Fsp3) is 0.176. The lowest BCUT2D eigenvalue weighted by Crippen LogP contribution is -2.50. The van der Waals surface area contributed by atoms with Gasteiger partial charge in [-0.25, -0.2) is 9.78 Å². The van der Waals surface area contributed by atoms with Crippen LogP contribution in [0.2, 0.25) is 0 Å². The molecule has 1 aromatic carbocycles. The molecule has 2 aromatic heterocycles. The third-order valence-corrected chi connectivity index (χ3v) is 4.08. The predicted octanol–water partition coefficient (Wildman–Crippen LogP) is -2.24. The largest absolute Gasteiger partial charge is 0.494 e. The Balaban J connectivity index is 2.06. The van der Waals surface area contributed by atoms with Crippen LogP contribution < -0.4 is 26.4 Å². The molecule has 0 saturated heterocycles. The lowest BCUT2D eigenvalue weighted by atomic mass is 9.49. The van der Waals surface area contributed by atoms with Gasteiger partial charge in [-0.1, -0.05) is 6.07 Å². The molecular weight excluding hydrogens is 411 g/mol. The number of benzene rings is 1. The highest BCUT2D eigenvalue weighted by atomic mass is 16.5. The monoisotopic (exact) mass is 433 g/mol. The zero-order valence-corrected chi connectivity index (χ0v) is 18.4. The van der Waals surface area contributed by atoms with Crippen molar-refractivity contribution in [3.63, 3.8) is 0 Å². The minimum Gasteiger partial charge on any atom is -0.494 e. The number of carbonyl (C=O) groups is 2. The Labute approximate surface area is 186 Å². The van der Waals surface area contributed by atoms with Crippen LogP contribution in [-0.2, 0) is 7.05 Å². The highest BCUT2D eigenvalue weighted by molar-refractivity contribution is 6.60. The molecule has 0 bridgehead atoms. The van der Waals surface area contributed by atoms with Crippen LogP contribution in [0.3, 0.4) is 0 Å². The van der Waals surface area contributed by atoms with E-state index in [0.717, 1.165) is 0 Å². The van der Waals surface area contributed by atoms with E-state index in [-0.39, 0.29) is 17.2 Å². The summed E-state index contributed by atoms with van der Waals surface area (Å²) in [7, 11) is 8.83. The zero-order valence-electron chi connectivity index (χ0n) is 18.4. The summed E-state index contributed by atoms with van der Waals surface area (Å²) in [6, 6.07) is 6.02. The summed E-state index contributed by atoms with van der Waals surface area (Å²) in [5.74, 6) is 0.568. The molecule has 12 nitrogen and oxygen atoms in total. The van der Waals surface area contributed by atoms with E-state index in [1.807, 2.05) is 29.6 Å². The minimum absolute atomic E-state index is 0.0263. The first-order valence-electron chi connectivity index (χ1n) is 9.64. The van der Waals surface area contributed by atoms with Crippen molar-refractivity contribution in [1.29, 1.82) is 0 Å². The second-order valence-electron chi connectivity index (χ2n) is 7.94. The number of urea groups is 1. The molecule has 0 aliphatic rings. The molecule has 3 amide bonds. The van der Waals surface area contributed by atoms with E-state index in [4.69, 9.17) is 10.5 Å². The van der Waals surface area contributed by atoms with Crippen molar-refractivity contribution in [2.75, 3.05) is 17.7 Å². The van der Waals surface area contributed by atoms with Crippen molar-refractivity contribution >= 4 is 52.7 Å². The van der Waals surface area contributed by atoms with Gasteiger partial charge in [-0.15, -0.1) is 10.2 Å².